The zero-order chi connectivity index (χ0) is 21.5. The van der Waals surface area contributed by atoms with Crippen molar-refractivity contribution in [2.75, 3.05) is 23.3 Å². The molecule has 2 aliphatic rings. The van der Waals surface area contributed by atoms with Gasteiger partial charge in [0.1, 0.15) is 10.3 Å². The number of rotatable bonds is 9. The van der Waals surface area contributed by atoms with Crippen LogP contribution in [0.5, 0.6) is 0 Å². The van der Waals surface area contributed by atoms with Gasteiger partial charge in [-0.2, -0.15) is 0 Å². The third-order valence-corrected chi connectivity index (χ3v) is 7.57. The number of carbonyl (C=O) groups excluding carboxylic acids is 2. The first-order valence-electron chi connectivity index (χ1n) is 10.8. The lowest BCUT2D eigenvalue weighted by molar-refractivity contribution is -0.146. The number of amides is 2. The van der Waals surface area contributed by atoms with Crippen LogP contribution in [0.3, 0.4) is 0 Å². The van der Waals surface area contributed by atoms with Gasteiger partial charge in [-0.25, -0.2) is 9.69 Å². The number of halogens is 2. The van der Waals surface area contributed by atoms with E-state index in [1.165, 1.54) is 35.5 Å². The first-order chi connectivity index (χ1) is 14.5. The highest BCUT2D eigenvalue weighted by Crippen LogP contribution is 2.37. The molecule has 1 aliphatic heterocycles. The minimum absolute atomic E-state index is 0.0828. The highest BCUT2D eigenvalue weighted by Gasteiger charge is 2.39. The number of anilines is 1. The molecule has 1 aromatic heterocycles. The molecule has 0 radical (unpaired) electrons. The van der Waals surface area contributed by atoms with Gasteiger partial charge in [-0.1, -0.05) is 66.3 Å². The zero-order valence-corrected chi connectivity index (χ0v) is 20.6. The van der Waals surface area contributed by atoms with E-state index in [-0.39, 0.29) is 16.7 Å². The van der Waals surface area contributed by atoms with Crippen LogP contribution >= 0.6 is 38.9 Å². The number of esters is 1. The second kappa shape index (κ2) is 11.6. The Morgan fingerprint density at radius 1 is 1.30 bits per heavy atom. The normalized spacial score (nSPS) is 21.7. The number of hydrogen-bond acceptors (Lipinski definition) is 6. The fourth-order valence-corrected chi connectivity index (χ4v) is 5.53. The summed E-state index contributed by atoms with van der Waals surface area (Å²) in [5, 5.41) is 10.2. The SMILES string of the molecule is CCCCC(Cl)CN1CCC(OC(=O)CBr)N(c2nnc(C3CCCCC3)s2)C1=O. The third-order valence-electron chi connectivity index (χ3n) is 5.67. The molecular weight excluding hydrogens is 492 g/mol. The summed E-state index contributed by atoms with van der Waals surface area (Å²) in [6.07, 6.45) is 8.72. The Kier molecular flexibility index (Phi) is 9.19. The first-order valence-corrected chi connectivity index (χ1v) is 13.2. The van der Waals surface area contributed by atoms with Gasteiger partial charge in [0.15, 0.2) is 6.23 Å². The fourth-order valence-electron chi connectivity index (χ4n) is 4.03. The van der Waals surface area contributed by atoms with E-state index in [0.717, 1.165) is 37.1 Å². The van der Waals surface area contributed by atoms with Crippen LogP contribution in [-0.2, 0) is 9.53 Å². The van der Waals surface area contributed by atoms with Gasteiger partial charge < -0.3 is 9.64 Å². The molecule has 2 atom stereocenters. The maximum atomic E-state index is 13.3. The van der Waals surface area contributed by atoms with Gasteiger partial charge in [0.2, 0.25) is 5.13 Å². The molecule has 1 saturated carbocycles. The van der Waals surface area contributed by atoms with Crippen LogP contribution in [0.25, 0.3) is 0 Å². The van der Waals surface area contributed by atoms with E-state index in [1.54, 1.807) is 4.90 Å². The van der Waals surface area contributed by atoms with E-state index in [4.69, 9.17) is 16.3 Å². The van der Waals surface area contributed by atoms with Crippen LogP contribution in [0.4, 0.5) is 9.93 Å². The summed E-state index contributed by atoms with van der Waals surface area (Å²) in [5.74, 6) is 0.00670. The molecule has 7 nitrogen and oxygen atoms in total. The Balaban J connectivity index is 1.77. The smallest absolute Gasteiger partial charge is 0.329 e. The predicted molar refractivity (Wildman–Crippen MR) is 123 cm³/mol. The lowest BCUT2D eigenvalue weighted by Crippen LogP contribution is -2.57. The topological polar surface area (TPSA) is 75.6 Å². The van der Waals surface area contributed by atoms with Crippen molar-refractivity contribution in [3.63, 3.8) is 0 Å². The number of alkyl halides is 2. The van der Waals surface area contributed by atoms with Gasteiger partial charge in [0, 0.05) is 25.4 Å². The van der Waals surface area contributed by atoms with Gasteiger partial charge >= 0.3 is 12.0 Å². The largest absolute Gasteiger partial charge is 0.440 e. The van der Waals surface area contributed by atoms with Gasteiger partial charge in [-0.15, -0.1) is 21.8 Å². The van der Waals surface area contributed by atoms with Gasteiger partial charge in [0.05, 0.1) is 5.38 Å². The van der Waals surface area contributed by atoms with E-state index < -0.39 is 12.2 Å². The molecule has 1 aliphatic carbocycles. The number of unbranched alkanes of at least 4 members (excludes halogenated alkanes) is 1. The Labute approximate surface area is 195 Å². The van der Waals surface area contributed by atoms with Crippen LogP contribution in [-0.4, -0.2) is 57.1 Å². The Morgan fingerprint density at radius 2 is 2.07 bits per heavy atom. The minimum atomic E-state index is -0.671. The molecule has 2 unspecified atom stereocenters. The summed E-state index contributed by atoms with van der Waals surface area (Å²) in [6, 6.07) is -0.220. The number of ether oxygens (including phenoxy) is 1. The first kappa shape index (κ1) is 23.7. The lowest BCUT2D eigenvalue weighted by atomic mass is 9.90. The molecule has 1 aromatic rings. The van der Waals surface area contributed by atoms with E-state index in [2.05, 4.69) is 33.1 Å². The number of nitrogens with zero attached hydrogens (tertiary/aromatic N) is 4. The summed E-state index contributed by atoms with van der Waals surface area (Å²) in [4.78, 5) is 28.5. The van der Waals surface area contributed by atoms with Crippen LogP contribution < -0.4 is 4.90 Å². The van der Waals surface area contributed by atoms with Crippen molar-refractivity contribution >= 4 is 56.0 Å². The van der Waals surface area contributed by atoms with E-state index >= 15 is 0 Å². The van der Waals surface area contributed by atoms with Gasteiger partial charge in [-0.05, 0) is 19.3 Å². The van der Waals surface area contributed by atoms with E-state index in [0.29, 0.717) is 30.6 Å². The second-order valence-electron chi connectivity index (χ2n) is 7.96. The molecule has 2 amide bonds. The van der Waals surface area contributed by atoms with Gasteiger partial charge in [-0.3, -0.25) is 4.79 Å². The highest BCUT2D eigenvalue weighted by atomic mass is 79.9. The molecule has 1 saturated heterocycles. The zero-order valence-electron chi connectivity index (χ0n) is 17.4. The van der Waals surface area contributed by atoms with Crippen molar-refractivity contribution in [1.82, 2.24) is 15.1 Å². The average Bonchev–Trinajstić information content (AvgIpc) is 3.24. The third kappa shape index (κ3) is 6.07. The molecule has 10 heteroatoms. The summed E-state index contributed by atoms with van der Waals surface area (Å²) in [7, 11) is 0. The lowest BCUT2D eigenvalue weighted by Gasteiger charge is -2.39. The summed E-state index contributed by atoms with van der Waals surface area (Å²) in [5.41, 5.74) is 0. The van der Waals surface area contributed by atoms with Crippen molar-refractivity contribution in [2.45, 2.75) is 82.2 Å². The van der Waals surface area contributed by atoms with Crippen LogP contribution in [0.1, 0.15) is 75.6 Å². The van der Waals surface area contributed by atoms with E-state index in [1.807, 2.05) is 0 Å². The molecule has 0 spiro atoms. The van der Waals surface area contributed by atoms with Crippen molar-refractivity contribution in [3.8, 4) is 0 Å². The monoisotopic (exact) mass is 520 g/mol. The minimum Gasteiger partial charge on any atom is -0.440 e. The molecule has 0 bridgehead atoms. The summed E-state index contributed by atoms with van der Waals surface area (Å²) < 4.78 is 5.55. The number of carbonyl (C=O) groups is 2. The number of urea groups is 1. The quantitative estimate of drug-likeness (QED) is 0.326. The van der Waals surface area contributed by atoms with Crippen molar-refractivity contribution in [3.05, 3.63) is 5.01 Å². The van der Waals surface area contributed by atoms with E-state index in [9.17, 15) is 9.59 Å². The van der Waals surface area contributed by atoms with Crippen LogP contribution in [0, 0.1) is 0 Å². The van der Waals surface area contributed by atoms with Gasteiger partial charge in [0.25, 0.3) is 0 Å². The summed E-state index contributed by atoms with van der Waals surface area (Å²) in [6.45, 7) is 3.10. The molecule has 3 rings (SSSR count). The van der Waals surface area contributed by atoms with Crippen LogP contribution in [0.2, 0.25) is 0 Å². The standard InChI is InChI=1S/C20H30BrClN4O3S/c1-2-3-9-15(22)13-25-11-10-16(29-17(27)12-21)26(20(25)28)19-24-23-18(30-19)14-7-5-4-6-8-14/h14-16H,2-13H2,1H3. The molecule has 2 heterocycles. The highest BCUT2D eigenvalue weighted by molar-refractivity contribution is 9.09. The summed E-state index contributed by atoms with van der Waals surface area (Å²) >= 11 is 11.0. The van der Waals surface area contributed by atoms with Crippen molar-refractivity contribution < 1.29 is 14.3 Å². The Morgan fingerprint density at radius 3 is 2.77 bits per heavy atom. The Bertz CT molecular complexity index is 716. The molecular formula is C20H30BrClN4O3S. The number of hydrogen-bond donors (Lipinski definition) is 0. The average molecular weight is 522 g/mol. The predicted octanol–water partition coefficient (Wildman–Crippen LogP) is 5.28. The number of aromatic nitrogens is 2. The Hall–Kier alpha value is -0.930. The maximum Gasteiger partial charge on any atom is 0.329 e. The fraction of sp³-hybridized carbons (Fsp3) is 0.800. The molecule has 0 N–H and O–H groups in total. The molecule has 168 valence electrons. The molecule has 2 fully saturated rings. The van der Waals surface area contributed by atoms with Crippen molar-refractivity contribution in [2.24, 2.45) is 0 Å². The molecule has 30 heavy (non-hydrogen) atoms. The molecule has 0 aromatic carbocycles. The maximum absolute atomic E-state index is 13.3. The van der Waals surface area contributed by atoms with Crippen LogP contribution in [0.15, 0.2) is 0 Å². The van der Waals surface area contributed by atoms with Crippen molar-refractivity contribution in [1.29, 1.82) is 0 Å². The second-order valence-corrected chi connectivity index (χ2v) is 10.1.